The number of piperidine rings is 1. The van der Waals surface area contributed by atoms with Gasteiger partial charge in [-0.15, -0.1) is 0 Å². The Morgan fingerprint density at radius 2 is 1.36 bits per heavy atom. The highest BCUT2D eigenvalue weighted by molar-refractivity contribution is 5.15. The third kappa shape index (κ3) is 7.42. The zero-order chi connectivity index (χ0) is 29.6. The van der Waals surface area contributed by atoms with Gasteiger partial charge in [0.05, 0.1) is 55.9 Å². The molecule has 4 aliphatic rings. The monoisotopic (exact) mass is 583 g/mol. The standard InChI is InChI=1S/C17H25NO3.C17H24O4/c19-14-10-9-13(18-11-15(20)17(21)16(14)18)8-4-7-12-5-2-1-3-6-12;18-14-7-6-12(13-8-15(19)17(20)16(13)14)10-21-9-11-4-2-1-3-5-11/h1-3,5-6,13-17,19-21H,4,7-11H2;1-5,12-20H,6-10H2/t13?,14?,15-,16+,17?;12-,13?,14-,15-,16?,17-/m01/s1. The first-order valence-electron chi connectivity index (χ1n) is 15.8. The van der Waals surface area contributed by atoms with E-state index in [9.17, 15) is 30.6 Å². The van der Waals surface area contributed by atoms with Gasteiger partial charge in [-0.2, -0.15) is 0 Å². The quantitative estimate of drug-likeness (QED) is 0.279. The van der Waals surface area contributed by atoms with Crippen LogP contribution < -0.4 is 0 Å². The molecule has 6 rings (SSSR count). The van der Waals surface area contributed by atoms with Crippen molar-refractivity contribution in [1.82, 2.24) is 4.90 Å². The van der Waals surface area contributed by atoms with Gasteiger partial charge in [-0.1, -0.05) is 60.7 Å². The summed E-state index contributed by atoms with van der Waals surface area (Å²) >= 11 is 0. The van der Waals surface area contributed by atoms with Crippen LogP contribution in [0.1, 0.15) is 56.1 Å². The smallest absolute Gasteiger partial charge is 0.0991 e. The largest absolute Gasteiger partial charge is 0.393 e. The molecule has 2 saturated heterocycles. The summed E-state index contributed by atoms with van der Waals surface area (Å²) in [5.74, 6) is 0.280. The zero-order valence-corrected chi connectivity index (χ0v) is 24.4. The van der Waals surface area contributed by atoms with Crippen LogP contribution in [0.15, 0.2) is 60.7 Å². The Kier molecular flexibility index (Phi) is 11.1. The summed E-state index contributed by atoms with van der Waals surface area (Å²) in [4.78, 5) is 2.13. The molecule has 2 aromatic carbocycles. The maximum absolute atomic E-state index is 10.1. The van der Waals surface area contributed by atoms with Gasteiger partial charge >= 0.3 is 0 Å². The van der Waals surface area contributed by atoms with E-state index in [-0.39, 0.29) is 17.9 Å². The highest BCUT2D eigenvalue weighted by Crippen LogP contribution is 2.46. The van der Waals surface area contributed by atoms with Crippen molar-refractivity contribution in [3.8, 4) is 0 Å². The molecule has 11 atom stereocenters. The van der Waals surface area contributed by atoms with Gasteiger partial charge < -0.3 is 35.4 Å². The predicted molar refractivity (Wildman–Crippen MR) is 159 cm³/mol. The van der Waals surface area contributed by atoms with Gasteiger partial charge in [-0.3, -0.25) is 4.90 Å². The Balaban J connectivity index is 0.000000168. The Bertz CT molecular complexity index is 989. The van der Waals surface area contributed by atoms with Crippen LogP contribution in [0.3, 0.4) is 0 Å². The molecule has 8 nitrogen and oxygen atoms in total. The van der Waals surface area contributed by atoms with E-state index in [4.69, 9.17) is 4.74 Å². The lowest BCUT2D eigenvalue weighted by atomic mass is 9.72. The molecule has 8 heteroatoms. The molecule has 0 aromatic heterocycles. The topological polar surface area (TPSA) is 134 Å². The number of benzene rings is 2. The number of fused-ring (bicyclic) bond motifs is 2. The molecule has 2 heterocycles. The van der Waals surface area contributed by atoms with Crippen LogP contribution in [-0.2, 0) is 17.8 Å². The van der Waals surface area contributed by atoms with E-state index in [1.807, 2.05) is 36.4 Å². The molecule has 2 aliphatic heterocycles. The van der Waals surface area contributed by atoms with Crippen molar-refractivity contribution in [3.63, 3.8) is 0 Å². The third-order valence-electron chi connectivity index (χ3n) is 10.2. The van der Waals surface area contributed by atoms with E-state index in [1.54, 1.807) is 0 Å². The van der Waals surface area contributed by atoms with Crippen molar-refractivity contribution < 1.29 is 35.4 Å². The minimum atomic E-state index is -0.808. The zero-order valence-electron chi connectivity index (χ0n) is 24.4. The van der Waals surface area contributed by atoms with Crippen LogP contribution in [0.4, 0.5) is 0 Å². The van der Waals surface area contributed by atoms with Crippen molar-refractivity contribution >= 4 is 0 Å². The molecule has 2 saturated carbocycles. The fourth-order valence-electron chi connectivity index (χ4n) is 7.91. The van der Waals surface area contributed by atoms with E-state index in [1.165, 1.54) is 5.56 Å². The lowest BCUT2D eigenvalue weighted by Gasteiger charge is -2.41. The van der Waals surface area contributed by atoms with Crippen LogP contribution in [0.25, 0.3) is 0 Å². The van der Waals surface area contributed by atoms with Crippen molar-refractivity contribution in [2.45, 2.75) is 107 Å². The van der Waals surface area contributed by atoms with Crippen molar-refractivity contribution in [3.05, 3.63) is 71.8 Å². The number of hydrogen-bond donors (Lipinski definition) is 6. The second kappa shape index (κ2) is 14.7. The second-order valence-electron chi connectivity index (χ2n) is 12.9. The number of aliphatic hydroxyl groups excluding tert-OH is 6. The average Bonchev–Trinajstić information content (AvgIpc) is 3.48. The van der Waals surface area contributed by atoms with Crippen LogP contribution in [0, 0.1) is 17.8 Å². The van der Waals surface area contributed by atoms with Crippen molar-refractivity contribution in [2.75, 3.05) is 13.2 Å². The van der Waals surface area contributed by atoms with E-state index >= 15 is 0 Å². The third-order valence-corrected chi connectivity index (χ3v) is 10.2. The molecule has 5 unspecified atom stereocenters. The molecule has 2 aromatic rings. The molecule has 0 bridgehead atoms. The number of aliphatic hydroxyl groups is 6. The highest BCUT2D eigenvalue weighted by Gasteiger charge is 2.51. The van der Waals surface area contributed by atoms with Gasteiger partial charge in [0.2, 0.25) is 0 Å². The molecular weight excluding hydrogens is 534 g/mol. The van der Waals surface area contributed by atoms with Crippen LogP contribution >= 0.6 is 0 Å². The Labute approximate surface area is 249 Å². The summed E-state index contributed by atoms with van der Waals surface area (Å²) in [6.45, 7) is 1.70. The maximum atomic E-state index is 10.1. The Hall–Kier alpha value is -1.88. The first-order valence-corrected chi connectivity index (χ1v) is 15.8. The molecule has 4 fully saturated rings. The van der Waals surface area contributed by atoms with Gasteiger partial charge in [0.15, 0.2) is 0 Å². The number of ether oxygens (including phenoxy) is 1. The van der Waals surface area contributed by atoms with Crippen LogP contribution in [0.2, 0.25) is 0 Å². The SMILES string of the molecule is OC1CCC(CCCc2ccccc2)N2C[C@H](O)C(O)[C@@H]12.O[C@@H]1CC[C@H](COCc2ccccc2)C2C[C@@H](O)[C@@H](O)C21. The highest BCUT2D eigenvalue weighted by atomic mass is 16.5. The van der Waals surface area contributed by atoms with E-state index in [0.717, 1.165) is 44.1 Å². The molecular formula is C34H49NO7. The average molecular weight is 584 g/mol. The summed E-state index contributed by atoms with van der Waals surface area (Å²) < 4.78 is 5.83. The van der Waals surface area contributed by atoms with Crippen molar-refractivity contribution in [2.24, 2.45) is 17.8 Å². The molecule has 232 valence electrons. The van der Waals surface area contributed by atoms with Crippen LogP contribution in [0.5, 0.6) is 0 Å². The lowest BCUT2D eigenvalue weighted by Crippen LogP contribution is -2.53. The molecule has 42 heavy (non-hydrogen) atoms. The summed E-state index contributed by atoms with van der Waals surface area (Å²) in [5.41, 5.74) is 2.50. The minimum Gasteiger partial charge on any atom is -0.393 e. The van der Waals surface area contributed by atoms with E-state index in [2.05, 4.69) is 29.2 Å². The van der Waals surface area contributed by atoms with Crippen molar-refractivity contribution in [1.29, 1.82) is 0 Å². The van der Waals surface area contributed by atoms with Crippen LogP contribution in [-0.4, -0.2) is 97.4 Å². The molecule has 0 amide bonds. The van der Waals surface area contributed by atoms with Gasteiger partial charge in [0.1, 0.15) is 0 Å². The fraction of sp³-hybridized carbons (Fsp3) is 0.647. The van der Waals surface area contributed by atoms with Gasteiger partial charge in [-0.05, 0) is 74.3 Å². The first-order chi connectivity index (χ1) is 20.3. The summed E-state index contributed by atoms with van der Waals surface area (Å²) in [7, 11) is 0. The summed E-state index contributed by atoms with van der Waals surface area (Å²) in [6, 6.07) is 20.6. The molecule has 0 radical (unpaired) electrons. The summed E-state index contributed by atoms with van der Waals surface area (Å²) in [5, 5.41) is 59.9. The van der Waals surface area contributed by atoms with E-state index < -0.39 is 36.6 Å². The molecule has 6 N–H and O–H groups in total. The number of nitrogens with zero attached hydrogens (tertiary/aromatic N) is 1. The lowest BCUT2D eigenvalue weighted by molar-refractivity contribution is -0.0641. The normalized spacial score (nSPS) is 37.9. The maximum Gasteiger partial charge on any atom is 0.0991 e. The molecule has 2 aliphatic carbocycles. The Morgan fingerprint density at radius 3 is 2.07 bits per heavy atom. The minimum absolute atomic E-state index is 0.162. The molecule has 0 spiro atoms. The fourth-order valence-corrected chi connectivity index (χ4v) is 7.91. The predicted octanol–water partition coefficient (Wildman–Crippen LogP) is 2.27. The number of rotatable bonds is 8. The van der Waals surface area contributed by atoms with Gasteiger partial charge in [0, 0.05) is 18.5 Å². The Morgan fingerprint density at radius 1 is 0.690 bits per heavy atom. The second-order valence-corrected chi connectivity index (χ2v) is 12.9. The van der Waals surface area contributed by atoms with Gasteiger partial charge in [-0.25, -0.2) is 0 Å². The number of aryl methyl sites for hydroxylation is 1. The van der Waals surface area contributed by atoms with E-state index in [0.29, 0.717) is 44.6 Å². The number of hydrogen-bond acceptors (Lipinski definition) is 8. The van der Waals surface area contributed by atoms with Gasteiger partial charge in [0.25, 0.3) is 0 Å². The first kappa shape index (κ1) is 31.5. The summed E-state index contributed by atoms with van der Waals surface area (Å²) in [6.07, 6.45) is 3.01.